The Morgan fingerprint density at radius 1 is 1.64 bits per heavy atom. The van der Waals surface area contributed by atoms with Gasteiger partial charge in [0.15, 0.2) is 0 Å². The Bertz CT molecular complexity index is 395. The first-order valence-corrected chi connectivity index (χ1v) is 5.17. The van der Waals surface area contributed by atoms with Gasteiger partial charge in [0, 0.05) is 17.8 Å². The highest BCUT2D eigenvalue weighted by Crippen LogP contribution is 2.28. The molecule has 0 bridgehead atoms. The molecule has 14 heavy (non-hydrogen) atoms. The number of aromatic amines is 1. The summed E-state index contributed by atoms with van der Waals surface area (Å²) in [6.45, 7) is 2.49. The molecule has 3 N–H and O–H groups in total. The van der Waals surface area contributed by atoms with Gasteiger partial charge in [0.1, 0.15) is 0 Å². The molecule has 0 spiro atoms. The van der Waals surface area contributed by atoms with Gasteiger partial charge < -0.3 is 10.7 Å². The minimum absolute atomic E-state index is 0.0139. The van der Waals surface area contributed by atoms with Gasteiger partial charge in [-0.1, -0.05) is 6.92 Å². The first kappa shape index (κ1) is 9.46. The number of H-pyrrole nitrogens is 1. The predicted molar refractivity (Wildman–Crippen MR) is 56.3 cm³/mol. The maximum atomic E-state index is 11.5. The van der Waals surface area contributed by atoms with Gasteiger partial charge in [-0.3, -0.25) is 4.79 Å². The average Bonchev–Trinajstić information content (AvgIpc) is 2.19. The predicted octanol–water partition coefficient (Wildman–Crippen LogP) is 1.27. The Balaban J connectivity index is 2.54. The molecule has 76 valence electrons. The summed E-state index contributed by atoms with van der Waals surface area (Å²) in [7, 11) is 0. The van der Waals surface area contributed by atoms with E-state index in [1.165, 1.54) is 18.4 Å². The monoisotopic (exact) mass is 192 g/mol. The molecule has 0 aromatic carbocycles. The first-order valence-electron chi connectivity index (χ1n) is 5.17. The van der Waals surface area contributed by atoms with Gasteiger partial charge in [0.2, 0.25) is 0 Å². The van der Waals surface area contributed by atoms with Crippen molar-refractivity contribution in [1.29, 1.82) is 0 Å². The maximum absolute atomic E-state index is 11.5. The molecular weight excluding hydrogens is 176 g/mol. The summed E-state index contributed by atoms with van der Waals surface area (Å²) in [5.41, 5.74) is 8.60. The van der Waals surface area contributed by atoms with Crippen LogP contribution in [-0.2, 0) is 13.0 Å². The van der Waals surface area contributed by atoms with Crippen molar-refractivity contribution in [2.75, 3.05) is 0 Å². The Labute approximate surface area is 83.3 Å². The quantitative estimate of drug-likeness (QED) is 0.704. The minimum atomic E-state index is -0.0139. The Hall–Kier alpha value is -1.09. The molecule has 1 aliphatic rings. The summed E-state index contributed by atoms with van der Waals surface area (Å²) in [6.07, 6.45) is 3.46. The number of aromatic nitrogens is 1. The molecule has 3 nitrogen and oxygen atoms in total. The minimum Gasteiger partial charge on any atom is -0.326 e. The van der Waals surface area contributed by atoms with E-state index < -0.39 is 0 Å². The van der Waals surface area contributed by atoms with Gasteiger partial charge in [-0.2, -0.15) is 0 Å². The van der Waals surface area contributed by atoms with Crippen molar-refractivity contribution in [3.8, 4) is 0 Å². The van der Waals surface area contributed by atoms with Gasteiger partial charge in [-0.05, 0) is 36.8 Å². The van der Waals surface area contributed by atoms with Crippen molar-refractivity contribution in [2.45, 2.75) is 38.6 Å². The average molecular weight is 192 g/mol. The molecule has 0 radical (unpaired) electrons. The van der Waals surface area contributed by atoms with Crippen LogP contribution in [0, 0.1) is 0 Å². The van der Waals surface area contributed by atoms with Gasteiger partial charge in [-0.15, -0.1) is 0 Å². The highest BCUT2D eigenvalue weighted by atomic mass is 16.1. The van der Waals surface area contributed by atoms with Gasteiger partial charge in [0.05, 0.1) is 0 Å². The summed E-state index contributed by atoms with van der Waals surface area (Å²) < 4.78 is 0. The molecule has 0 saturated carbocycles. The summed E-state index contributed by atoms with van der Waals surface area (Å²) in [4.78, 5) is 14.5. The van der Waals surface area contributed by atoms with Crippen LogP contribution in [-0.4, -0.2) is 4.98 Å². The normalized spacial score (nSPS) is 20.6. The third-order valence-electron chi connectivity index (χ3n) is 3.03. The number of rotatable bonds is 1. The van der Waals surface area contributed by atoms with E-state index in [0.29, 0.717) is 18.0 Å². The summed E-state index contributed by atoms with van der Waals surface area (Å²) in [5.74, 6) is 0.485. The molecule has 0 fully saturated rings. The molecule has 1 atom stereocenters. The van der Waals surface area contributed by atoms with Crippen LogP contribution in [0.2, 0.25) is 0 Å². The van der Waals surface area contributed by atoms with Crippen LogP contribution in [0.4, 0.5) is 0 Å². The maximum Gasteiger partial charge on any atom is 0.252 e. The SMILES string of the molecule is CC1CCCc2cc(CN)c(=O)[nH]c21. The Morgan fingerprint density at radius 2 is 2.43 bits per heavy atom. The zero-order valence-electron chi connectivity index (χ0n) is 8.47. The zero-order chi connectivity index (χ0) is 10.1. The van der Waals surface area contributed by atoms with Crippen LogP contribution in [0.1, 0.15) is 42.5 Å². The van der Waals surface area contributed by atoms with E-state index in [0.717, 1.165) is 12.1 Å². The zero-order valence-corrected chi connectivity index (χ0v) is 8.47. The van der Waals surface area contributed by atoms with E-state index in [1.807, 2.05) is 6.07 Å². The molecule has 0 amide bonds. The third kappa shape index (κ3) is 1.48. The van der Waals surface area contributed by atoms with Crippen LogP contribution in [0.3, 0.4) is 0 Å². The standard InChI is InChI=1S/C11H16N2O/c1-7-3-2-4-8-5-9(6-12)11(14)13-10(7)8/h5,7H,2-4,6,12H2,1H3,(H,13,14). The molecule has 0 saturated heterocycles. The number of fused-ring (bicyclic) bond motifs is 1. The van der Waals surface area contributed by atoms with Crippen molar-refractivity contribution in [1.82, 2.24) is 4.98 Å². The lowest BCUT2D eigenvalue weighted by atomic mass is 9.87. The van der Waals surface area contributed by atoms with Crippen molar-refractivity contribution in [3.63, 3.8) is 0 Å². The molecule has 0 aliphatic heterocycles. The van der Waals surface area contributed by atoms with Crippen LogP contribution >= 0.6 is 0 Å². The van der Waals surface area contributed by atoms with Crippen molar-refractivity contribution < 1.29 is 0 Å². The summed E-state index contributed by atoms with van der Waals surface area (Å²) >= 11 is 0. The van der Waals surface area contributed by atoms with E-state index in [9.17, 15) is 4.79 Å². The van der Waals surface area contributed by atoms with E-state index in [-0.39, 0.29) is 5.56 Å². The van der Waals surface area contributed by atoms with E-state index in [1.54, 1.807) is 0 Å². The second kappa shape index (κ2) is 3.58. The summed E-state index contributed by atoms with van der Waals surface area (Å²) in [5, 5.41) is 0. The van der Waals surface area contributed by atoms with Crippen LogP contribution in [0.5, 0.6) is 0 Å². The third-order valence-corrected chi connectivity index (χ3v) is 3.03. The van der Waals surface area contributed by atoms with Crippen molar-refractivity contribution >= 4 is 0 Å². The fraction of sp³-hybridized carbons (Fsp3) is 0.545. The van der Waals surface area contributed by atoms with E-state index in [2.05, 4.69) is 11.9 Å². The topological polar surface area (TPSA) is 58.9 Å². The van der Waals surface area contributed by atoms with Gasteiger partial charge in [-0.25, -0.2) is 0 Å². The molecular formula is C11H16N2O. The Morgan fingerprint density at radius 3 is 3.14 bits per heavy atom. The van der Waals surface area contributed by atoms with Crippen LogP contribution < -0.4 is 11.3 Å². The fourth-order valence-electron chi connectivity index (χ4n) is 2.18. The van der Waals surface area contributed by atoms with Crippen LogP contribution in [0.25, 0.3) is 0 Å². The highest BCUT2D eigenvalue weighted by molar-refractivity contribution is 5.29. The number of hydrogen-bond donors (Lipinski definition) is 2. The number of pyridine rings is 1. The number of hydrogen-bond acceptors (Lipinski definition) is 2. The lowest BCUT2D eigenvalue weighted by molar-refractivity contribution is 0.570. The largest absolute Gasteiger partial charge is 0.326 e. The van der Waals surface area contributed by atoms with Crippen LogP contribution in [0.15, 0.2) is 10.9 Å². The second-order valence-electron chi connectivity index (χ2n) is 4.06. The molecule has 1 aromatic heterocycles. The van der Waals surface area contributed by atoms with Crippen molar-refractivity contribution in [2.24, 2.45) is 5.73 Å². The summed E-state index contributed by atoms with van der Waals surface area (Å²) in [6, 6.07) is 1.98. The molecule has 2 rings (SSSR count). The number of aryl methyl sites for hydroxylation is 1. The molecule has 1 aromatic rings. The van der Waals surface area contributed by atoms with Gasteiger partial charge >= 0.3 is 0 Å². The van der Waals surface area contributed by atoms with Gasteiger partial charge in [0.25, 0.3) is 5.56 Å². The van der Waals surface area contributed by atoms with E-state index in [4.69, 9.17) is 5.73 Å². The van der Waals surface area contributed by atoms with Crippen molar-refractivity contribution in [3.05, 3.63) is 33.2 Å². The first-order chi connectivity index (χ1) is 6.72. The fourth-order valence-corrected chi connectivity index (χ4v) is 2.18. The Kier molecular flexibility index (Phi) is 2.42. The van der Waals surface area contributed by atoms with E-state index >= 15 is 0 Å². The smallest absolute Gasteiger partial charge is 0.252 e. The molecule has 1 aliphatic carbocycles. The molecule has 1 heterocycles. The lowest BCUT2D eigenvalue weighted by Crippen LogP contribution is -2.22. The second-order valence-corrected chi connectivity index (χ2v) is 4.06. The lowest BCUT2D eigenvalue weighted by Gasteiger charge is -2.22. The number of nitrogens with one attached hydrogen (secondary N) is 1. The number of nitrogens with two attached hydrogens (primary N) is 1. The molecule has 3 heteroatoms. The highest BCUT2D eigenvalue weighted by Gasteiger charge is 2.18. The molecule has 1 unspecified atom stereocenters.